The van der Waals surface area contributed by atoms with Gasteiger partial charge in [0.05, 0.1) is 25.7 Å². The first-order chi connectivity index (χ1) is 16.6. The van der Waals surface area contributed by atoms with Gasteiger partial charge in [0, 0.05) is 31.8 Å². The molecular formula is C24H31N3O6S2. The fourth-order valence-corrected chi connectivity index (χ4v) is 5.94. The van der Waals surface area contributed by atoms with Gasteiger partial charge in [0.1, 0.15) is 21.7 Å². The summed E-state index contributed by atoms with van der Waals surface area (Å²) < 4.78 is 46.0. The molecule has 0 unspecified atom stereocenters. The van der Waals surface area contributed by atoms with Crippen LogP contribution in [0.3, 0.4) is 0 Å². The molecule has 35 heavy (non-hydrogen) atoms. The van der Waals surface area contributed by atoms with E-state index in [-0.39, 0.29) is 16.5 Å². The Hall–Kier alpha value is -2.73. The monoisotopic (exact) mass is 521 g/mol. The molecule has 9 nitrogen and oxygen atoms in total. The van der Waals surface area contributed by atoms with E-state index in [9.17, 15) is 13.2 Å². The average Bonchev–Trinajstić information content (AvgIpc) is 3.21. The minimum atomic E-state index is -3.64. The average molecular weight is 522 g/mol. The molecular weight excluding hydrogens is 490 g/mol. The van der Waals surface area contributed by atoms with Gasteiger partial charge < -0.3 is 18.8 Å². The molecule has 0 N–H and O–H groups in total. The summed E-state index contributed by atoms with van der Waals surface area (Å²) in [6, 6.07) is 9.24. The van der Waals surface area contributed by atoms with Crippen LogP contribution in [0.4, 0.5) is 0 Å². The summed E-state index contributed by atoms with van der Waals surface area (Å²) in [5, 5.41) is 0. The molecule has 3 rings (SSSR count). The van der Waals surface area contributed by atoms with Gasteiger partial charge in [-0.15, -0.1) is 0 Å². The number of hydrogen-bond donors (Lipinski definition) is 0. The van der Waals surface area contributed by atoms with Gasteiger partial charge in [0.15, 0.2) is 4.80 Å². The molecule has 3 aromatic rings. The van der Waals surface area contributed by atoms with E-state index in [1.165, 1.54) is 47.0 Å². The Kier molecular flexibility index (Phi) is 8.70. The second kappa shape index (κ2) is 11.3. The molecule has 0 aliphatic rings. The number of hydrogen-bond acceptors (Lipinski definition) is 7. The van der Waals surface area contributed by atoms with Crippen molar-refractivity contribution in [3.63, 3.8) is 0 Å². The van der Waals surface area contributed by atoms with Gasteiger partial charge in [-0.25, -0.2) is 8.42 Å². The Balaban J connectivity index is 2.07. The van der Waals surface area contributed by atoms with Crippen molar-refractivity contribution in [3.05, 3.63) is 46.8 Å². The second-order valence-corrected chi connectivity index (χ2v) is 10.9. The summed E-state index contributed by atoms with van der Waals surface area (Å²) in [6.45, 7) is 6.96. The number of thiazole rings is 1. The van der Waals surface area contributed by atoms with Crippen molar-refractivity contribution in [2.45, 2.75) is 38.3 Å². The topological polar surface area (TPSA) is 99.4 Å². The van der Waals surface area contributed by atoms with Gasteiger partial charge in [0.2, 0.25) is 10.0 Å². The number of amides is 1. The van der Waals surface area contributed by atoms with Gasteiger partial charge in [-0.2, -0.15) is 9.30 Å². The van der Waals surface area contributed by atoms with E-state index in [0.717, 1.165) is 10.2 Å². The number of nitrogens with zero attached hydrogens (tertiary/aromatic N) is 3. The molecule has 0 saturated heterocycles. The van der Waals surface area contributed by atoms with Crippen LogP contribution >= 0.6 is 11.3 Å². The molecule has 0 bridgehead atoms. The van der Waals surface area contributed by atoms with Gasteiger partial charge in [-0.3, -0.25) is 4.79 Å². The fraction of sp³-hybridized carbons (Fsp3) is 0.417. The SMILES string of the molecule is CCOCCn1c(=NC(=O)c2ccc(S(=O)(=O)N(C)C(C)C)cc2)sc2c(OC)ccc(OC)c21. The predicted octanol–water partition coefficient (Wildman–Crippen LogP) is 3.53. The summed E-state index contributed by atoms with van der Waals surface area (Å²) in [5.41, 5.74) is 1.05. The van der Waals surface area contributed by atoms with Crippen LogP contribution in [0.15, 0.2) is 46.3 Å². The normalized spacial score (nSPS) is 12.6. The number of carbonyl (C=O) groups excluding carboxylic acids is 1. The molecule has 1 heterocycles. The van der Waals surface area contributed by atoms with Crippen LogP contribution in [0.1, 0.15) is 31.1 Å². The summed E-state index contributed by atoms with van der Waals surface area (Å²) in [4.78, 5) is 18.0. The highest BCUT2D eigenvalue weighted by atomic mass is 32.2. The summed E-state index contributed by atoms with van der Waals surface area (Å²) in [6.07, 6.45) is 0. The van der Waals surface area contributed by atoms with Crippen molar-refractivity contribution >= 4 is 37.5 Å². The first-order valence-corrected chi connectivity index (χ1v) is 13.4. The summed E-state index contributed by atoms with van der Waals surface area (Å²) >= 11 is 1.31. The maximum Gasteiger partial charge on any atom is 0.279 e. The first-order valence-electron chi connectivity index (χ1n) is 11.1. The van der Waals surface area contributed by atoms with E-state index in [1.54, 1.807) is 28.1 Å². The van der Waals surface area contributed by atoms with Crippen LogP contribution < -0.4 is 14.3 Å². The van der Waals surface area contributed by atoms with Crippen LogP contribution in [0.2, 0.25) is 0 Å². The Morgan fingerprint density at radius 1 is 1.09 bits per heavy atom. The van der Waals surface area contributed by atoms with Crippen molar-refractivity contribution < 1.29 is 27.4 Å². The highest BCUT2D eigenvalue weighted by Crippen LogP contribution is 2.35. The van der Waals surface area contributed by atoms with Crippen molar-refractivity contribution in [2.24, 2.45) is 4.99 Å². The lowest BCUT2D eigenvalue weighted by Crippen LogP contribution is -2.33. The third-order valence-electron chi connectivity index (χ3n) is 5.56. The van der Waals surface area contributed by atoms with Crippen molar-refractivity contribution in [1.82, 2.24) is 8.87 Å². The molecule has 0 radical (unpaired) electrons. The smallest absolute Gasteiger partial charge is 0.279 e. The van der Waals surface area contributed by atoms with E-state index < -0.39 is 15.9 Å². The largest absolute Gasteiger partial charge is 0.495 e. The molecule has 11 heteroatoms. The third-order valence-corrected chi connectivity index (χ3v) is 8.70. The zero-order chi connectivity index (χ0) is 25.8. The highest BCUT2D eigenvalue weighted by Gasteiger charge is 2.23. The predicted molar refractivity (Wildman–Crippen MR) is 136 cm³/mol. The highest BCUT2D eigenvalue weighted by molar-refractivity contribution is 7.89. The van der Waals surface area contributed by atoms with Crippen LogP contribution in [-0.2, 0) is 21.3 Å². The summed E-state index contributed by atoms with van der Waals surface area (Å²) in [5.74, 6) is 0.792. The molecule has 190 valence electrons. The number of methoxy groups -OCH3 is 2. The molecule has 1 aromatic heterocycles. The minimum Gasteiger partial charge on any atom is -0.495 e. The van der Waals surface area contributed by atoms with Crippen LogP contribution in [0.25, 0.3) is 10.2 Å². The van der Waals surface area contributed by atoms with Gasteiger partial charge in [-0.05, 0) is 57.2 Å². The maximum absolute atomic E-state index is 13.1. The van der Waals surface area contributed by atoms with Crippen LogP contribution in [-0.4, -0.2) is 63.7 Å². The number of sulfonamides is 1. The Labute approximate surface area is 209 Å². The maximum atomic E-state index is 13.1. The molecule has 0 aliphatic heterocycles. The van der Waals surface area contributed by atoms with E-state index in [1.807, 2.05) is 23.6 Å². The Morgan fingerprint density at radius 3 is 2.29 bits per heavy atom. The van der Waals surface area contributed by atoms with E-state index in [0.29, 0.717) is 36.1 Å². The van der Waals surface area contributed by atoms with Crippen molar-refractivity contribution in [2.75, 3.05) is 34.5 Å². The van der Waals surface area contributed by atoms with Crippen LogP contribution in [0.5, 0.6) is 11.5 Å². The van der Waals surface area contributed by atoms with Gasteiger partial charge in [0.25, 0.3) is 5.91 Å². The zero-order valence-electron chi connectivity index (χ0n) is 20.8. The van der Waals surface area contributed by atoms with E-state index >= 15 is 0 Å². The molecule has 1 amide bonds. The van der Waals surface area contributed by atoms with E-state index in [2.05, 4.69) is 4.99 Å². The lowest BCUT2D eigenvalue weighted by molar-refractivity contribution is 0.0996. The Morgan fingerprint density at radius 2 is 1.71 bits per heavy atom. The standard InChI is InChI=1S/C24H31N3O6S2/c1-7-33-15-14-27-21-19(31-5)12-13-20(32-6)22(21)34-24(27)25-23(28)17-8-10-18(11-9-17)35(29,30)26(4)16(2)3/h8-13,16H,7,14-15H2,1-6H3. The number of benzene rings is 2. The van der Waals surface area contributed by atoms with Crippen molar-refractivity contribution in [3.8, 4) is 11.5 Å². The van der Waals surface area contributed by atoms with Crippen molar-refractivity contribution in [1.29, 1.82) is 0 Å². The lowest BCUT2D eigenvalue weighted by Gasteiger charge is -2.20. The number of carbonyl (C=O) groups is 1. The Bertz CT molecular complexity index is 1360. The van der Waals surface area contributed by atoms with Gasteiger partial charge in [-0.1, -0.05) is 11.3 Å². The molecule has 0 saturated carbocycles. The lowest BCUT2D eigenvalue weighted by atomic mass is 10.2. The third kappa shape index (κ3) is 5.58. The molecule has 2 aromatic carbocycles. The molecule has 0 aliphatic carbocycles. The summed E-state index contributed by atoms with van der Waals surface area (Å²) in [7, 11) is 1.05. The minimum absolute atomic E-state index is 0.119. The quantitative estimate of drug-likeness (QED) is 0.379. The van der Waals surface area contributed by atoms with Gasteiger partial charge >= 0.3 is 0 Å². The number of rotatable bonds is 10. The van der Waals surface area contributed by atoms with E-state index in [4.69, 9.17) is 14.2 Å². The first kappa shape index (κ1) is 26.9. The molecule has 0 atom stereocenters. The zero-order valence-corrected chi connectivity index (χ0v) is 22.4. The fourth-order valence-electron chi connectivity index (χ4n) is 3.41. The second-order valence-electron chi connectivity index (χ2n) is 7.94. The molecule has 0 fully saturated rings. The molecule has 0 spiro atoms. The number of aromatic nitrogens is 1. The number of fused-ring (bicyclic) bond motifs is 1. The number of ether oxygens (including phenoxy) is 3. The van der Waals surface area contributed by atoms with Crippen LogP contribution in [0, 0.1) is 0 Å².